The molecule has 0 spiro atoms. The Bertz CT molecular complexity index is 546. The second kappa shape index (κ2) is 6.50. The van der Waals surface area contributed by atoms with E-state index in [1.54, 1.807) is 6.20 Å². The number of nitrogens with zero attached hydrogens (tertiary/aromatic N) is 3. The van der Waals surface area contributed by atoms with Crippen LogP contribution in [0.4, 0.5) is 0 Å². The highest BCUT2D eigenvalue weighted by atomic mass is 35.5. The van der Waals surface area contributed by atoms with Gasteiger partial charge in [0, 0.05) is 23.3 Å². The Morgan fingerprint density at radius 2 is 2.00 bits per heavy atom. The Morgan fingerprint density at radius 3 is 2.74 bits per heavy atom. The standard InChI is InChI=1S/C14H16ClN3O/c1-18(2)9-10-19-14-16-8-7-13(17-14)11-5-3-4-6-12(11)15/h3-8H,9-10H2,1-2H3. The van der Waals surface area contributed by atoms with Gasteiger partial charge in [0.2, 0.25) is 0 Å². The molecule has 0 atom stereocenters. The molecule has 2 rings (SSSR count). The molecule has 0 saturated carbocycles. The van der Waals surface area contributed by atoms with Gasteiger partial charge in [-0.2, -0.15) is 4.98 Å². The summed E-state index contributed by atoms with van der Waals surface area (Å²) in [6.45, 7) is 1.37. The third kappa shape index (κ3) is 3.91. The Hall–Kier alpha value is -1.65. The molecular formula is C14H16ClN3O. The lowest BCUT2D eigenvalue weighted by atomic mass is 10.1. The molecule has 0 aliphatic carbocycles. The van der Waals surface area contributed by atoms with E-state index >= 15 is 0 Å². The summed E-state index contributed by atoms with van der Waals surface area (Å²) in [5.74, 6) is 0. The van der Waals surface area contributed by atoms with Crippen molar-refractivity contribution in [1.82, 2.24) is 14.9 Å². The molecule has 5 heteroatoms. The summed E-state index contributed by atoms with van der Waals surface area (Å²) in [5.41, 5.74) is 1.64. The van der Waals surface area contributed by atoms with Gasteiger partial charge >= 0.3 is 6.01 Å². The van der Waals surface area contributed by atoms with E-state index in [1.807, 2.05) is 49.3 Å². The number of hydrogen-bond donors (Lipinski definition) is 0. The highest BCUT2D eigenvalue weighted by Crippen LogP contribution is 2.26. The van der Waals surface area contributed by atoms with Crippen LogP contribution in [0, 0.1) is 0 Å². The predicted molar refractivity (Wildman–Crippen MR) is 76.5 cm³/mol. The van der Waals surface area contributed by atoms with Gasteiger partial charge in [-0.3, -0.25) is 0 Å². The van der Waals surface area contributed by atoms with Crippen molar-refractivity contribution in [1.29, 1.82) is 0 Å². The summed E-state index contributed by atoms with van der Waals surface area (Å²) < 4.78 is 5.51. The smallest absolute Gasteiger partial charge is 0.316 e. The van der Waals surface area contributed by atoms with Gasteiger partial charge in [0.1, 0.15) is 6.61 Å². The molecule has 1 aromatic heterocycles. The van der Waals surface area contributed by atoms with Gasteiger partial charge in [0.15, 0.2) is 0 Å². The van der Waals surface area contributed by atoms with Crippen LogP contribution in [0.1, 0.15) is 0 Å². The van der Waals surface area contributed by atoms with E-state index < -0.39 is 0 Å². The van der Waals surface area contributed by atoms with E-state index in [9.17, 15) is 0 Å². The van der Waals surface area contributed by atoms with Gasteiger partial charge in [-0.05, 0) is 26.2 Å². The number of halogens is 1. The number of likely N-dealkylation sites (N-methyl/N-ethyl adjacent to an activating group) is 1. The molecular weight excluding hydrogens is 262 g/mol. The number of benzene rings is 1. The van der Waals surface area contributed by atoms with Crippen LogP contribution in [0.2, 0.25) is 5.02 Å². The molecule has 0 unspecified atom stereocenters. The average Bonchev–Trinajstić information content (AvgIpc) is 2.39. The number of hydrogen-bond acceptors (Lipinski definition) is 4. The predicted octanol–water partition coefficient (Wildman–Crippen LogP) is 2.74. The van der Waals surface area contributed by atoms with Gasteiger partial charge < -0.3 is 9.64 Å². The van der Waals surface area contributed by atoms with E-state index in [0.717, 1.165) is 17.8 Å². The first kappa shape index (κ1) is 13.8. The monoisotopic (exact) mass is 277 g/mol. The average molecular weight is 278 g/mol. The van der Waals surface area contributed by atoms with Gasteiger partial charge in [0.25, 0.3) is 0 Å². The maximum atomic E-state index is 6.15. The Labute approximate surface area is 118 Å². The summed E-state index contributed by atoms with van der Waals surface area (Å²) in [6.07, 6.45) is 1.68. The summed E-state index contributed by atoms with van der Waals surface area (Å²) in [6, 6.07) is 9.77. The molecule has 2 aromatic rings. The summed E-state index contributed by atoms with van der Waals surface area (Å²) in [4.78, 5) is 10.5. The van der Waals surface area contributed by atoms with Crippen LogP contribution in [-0.4, -0.2) is 42.1 Å². The molecule has 0 radical (unpaired) electrons. The summed E-state index contributed by atoms with van der Waals surface area (Å²) >= 11 is 6.15. The largest absolute Gasteiger partial charge is 0.462 e. The zero-order valence-corrected chi connectivity index (χ0v) is 11.8. The third-order valence-electron chi connectivity index (χ3n) is 2.55. The minimum Gasteiger partial charge on any atom is -0.462 e. The maximum absolute atomic E-state index is 6.15. The van der Waals surface area contributed by atoms with Crippen LogP contribution < -0.4 is 4.74 Å². The van der Waals surface area contributed by atoms with Crippen LogP contribution in [0.5, 0.6) is 6.01 Å². The lowest BCUT2D eigenvalue weighted by Gasteiger charge is -2.10. The van der Waals surface area contributed by atoms with Crippen LogP contribution in [-0.2, 0) is 0 Å². The fraction of sp³-hybridized carbons (Fsp3) is 0.286. The Kier molecular flexibility index (Phi) is 4.71. The summed E-state index contributed by atoms with van der Waals surface area (Å²) in [7, 11) is 3.98. The minimum atomic E-state index is 0.374. The molecule has 0 aliphatic heterocycles. The fourth-order valence-corrected chi connectivity index (χ4v) is 1.78. The van der Waals surface area contributed by atoms with Crippen molar-refractivity contribution in [3.05, 3.63) is 41.6 Å². The van der Waals surface area contributed by atoms with E-state index in [2.05, 4.69) is 9.97 Å². The number of ether oxygens (including phenoxy) is 1. The molecule has 0 saturated heterocycles. The topological polar surface area (TPSA) is 38.2 Å². The molecule has 1 aromatic carbocycles. The van der Waals surface area contributed by atoms with Crippen LogP contribution in [0.3, 0.4) is 0 Å². The van der Waals surface area contributed by atoms with Crippen LogP contribution in [0.15, 0.2) is 36.5 Å². The highest BCUT2D eigenvalue weighted by Gasteiger charge is 2.06. The first-order valence-corrected chi connectivity index (χ1v) is 6.40. The lowest BCUT2D eigenvalue weighted by Crippen LogP contribution is -2.20. The lowest BCUT2D eigenvalue weighted by molar-refractivity contribution is 0.245. The molecule has 0 N–H and O–H groups in total. The van der Waals surface area contributed by atoms with E-state index in [0.29, 0.717) is 17.6 Å². The van der Waals surface area contributed by atoms with E-state index in [1.165, 1.54) is 0 Å². The minimum absolute atomic E-state index is 0.374. The second-order valence-corrected chi connectivity index (χ2v) is 4.76. The zero-order valence-electron chi connectivity index (χ0n) is 11.0. The molecule has 0 amide bonds. The van der Waals surface area contributed by atoms with Crippen LogP contribution >= 0.6 is 11.6 Å². The van der Waals surface area contributed by atoms with Crippen molar-refractivity contribution in [2.75, 3.05) is 27.2 Å². The first-order valence-electron chi connectivity index (χ1n) is 6.02. The quantitative estimate of drug-likeness (QED) is 0.842. The van der Waals surface area contributed by atoms with Gasteiger partial charge in [-0.15, -0.1) is 0 Å². The molecule has 0 aliphatic rings. The molecule has 0 fully saturated rings. The first-order chi connectivity index (χ1) is 9.16. The third-order valence-corrected chi connectivity index (χ3v) is 2.88. The maximum Gasteiger partial charge on any atom is 0.316 e. The van der Waals surface area contributed by atoms with Crippen LogP contribution in [0.25, 0.3) is 11.3 Å². The number of rotatable bonds is 5. The molecule has 19 heavy (non-hydrogen) atoms. The molecule has 0 bridgehead atoms. The SMILES string of the molecule is CN(C)CCOc1nccc(-c2ccccc2Cl)n1. The van der Waals surface area contributed by atoms with Gasteiger partial charge in [-0.25, -0.2) is 4.98 Å². The highest BCUT2D eigenvalue weighted by molar-refractivity contribution is 6.33. The van der Waals surface area contributed by atoms with Crippen molar-refractivity contribution in [2.45, 2.75) is 0 Å². The van der Waals surface area contributed by atoms with Crippen molar-refractivity contribution >= 4 is 11.6 Å². The van der Waals surface area contributed by atoms with E-state index in [4.69, 9.17) is 16.3 Å². The van der Waals surface area contributed by atoms with Crippen molar-refractivity contribution < 1.29 is 4.74 Å². The van der Waals surface area contributed by atoms with Crippen molar-refractivity contribution in [2.24, 2.45) is 0 Å². The van der Waals surface area contributed by atoms with Crippen molar-refractivity contribution in [3.8, 4) is 17.3 Å². The molecule has 4 nitrogen and oxygen atoms in total. The zero-order chi connectivity index (χ0) is 13.7. The summed E-state index contributed by atoms with van der Waals surface area (Å²) in [5, 5.41) is 0.667. The fourth-order valence-electron chi connectivity index (χ4n) is 1.55. The molecule has 1 heterocycles. The Balaban J connectivity index is 2.13. The normalized spacial score (nSPS) is 10.7. The number of aromatic nitrogens is 2. The van der Waals surface area contributed by atoms with Crippen molar-refractivity contribution in [3.63, 3.8) is 0 Å². The van der Waals surface area contributed by atoms with E-state index in [-0.39, 0.29) is 0 Å². The second-order valence-electron chi connectivity index (χ2n) is 4.36. The Morgan fingerprint density at radius 1 is 1.21 bits per heavy atom. The van der Waals surface area contributed by atoms with Gasteiger partial charge in [0.05, 0.1) is 5.69 Å². The molecule has 100 valence electrons. The van der Waals surface area contributed by atoms with Gasteiger partial charge in [-0.1, -0.05) is 29.8 Å².